The van der Waals surface area contributed by atoms with Crippen LogP contribution in [0.3, 0.4) is 0 Å². The molecule has 2 saturated heterocycles. The average molecular weight is 537 g/mol. The molecule has 0 saturated carbocycles. The van der Waals surface area contributed by atoms with Gasteiger partial charge in [-0.1, -0.05) is 0 Å². The molecule has 2 amide bonds. The van der Waals surface area contributed by atoms with Gasteiger partial charge in [0.2, 0.25) is 0 Å². The lowest BCUT2D eigenvalue weighted by atomic mass is 10.1. The number of amidine groups is 1. The SMILES string of the molecule is CC(C(=O)OC(C)(C)C)N1CCN(CC2CN(c3ccc(C(N)=NC(=O)c4cccnc4)cc3)C(=O)O2)CC1. The van der Waals surface area contributed by atoms with E-state index in [-0.39, 0.29) is 24.0 Å². The van der Waals surface area contributed by atoms with Crippen molar-refractivity contribution in [2.75, 3.05) is 44.2 Å². The van der Waals surface area contributed by atoms with Crippen molar-refractivity contribution >= 4 is 29.5 Å². The highest BCUT2D eigenvalue weighted by atomic mass is 16.6. The summed E-state index contributed by atoms with van der Waals surface area (Å²) in [7, 11) is 0. The minimum Gasteiger partial charge on any atom is -0.459 e. The second-order valence-electron chi connectivity index (χ2n) is 10.8. The Labute approximate surface area is 228 Å². The summed E-state index contributed by atoms with van der Waals surface area (Å²) in [6.45, 7) is 11.5. The van der Waals surface area contributed by atoms with Gasteiger partial charge in [-0.25, -0.2) is 4.79 Å². The van der Waals surface area contributed by atoms with Crippen LogP contribution in [0.15, 0.2) is 53.8 Å². The molecule has 1 aromatic carbocycles. The Hall–Kier alpha value is -3.83. The van der Waals surface area contributed by atoms with E-state index in [0.717, 1.165) is 26.2 Å². The van der Waals surface area contributed by atoms with Gasteiger partial charge in [0, 0.05) is 56.4 Å². The standard InChI is InChI=1S/C28H36N6O5/c1-19(26(36)39-28(2,3)4)33-14-12-32(13-15-33)17-23-18-34(27(37)38-23)22-9-7-20(8-10-22)24(29)31-25(35)21-6-5-11-30-16-21/h5-11,16,19,23H,12-15,17-18H2,1-4H3,(H2,29,31,35). The van der Waals surface area contributed by atoms with E-state index in [9.17, 15) is 14.4 Å². The molecular weight excluding hydrogens is 500 g/mol. The van der Waals surface area contributed by atoms with E-state index in [1.807, 2.05) is 27.7 Å². The number of esters is 1. The van der Waals surface area contributed by atoms with Gasteiger partial charge in [0.1, 0.15) is 23.6 Å². The Bertz CT molecular complexity index is 1200. The van der Waals surface area contributed by atoms with Crippen molar-refractivity contribution in [3.63, 3.8) is 0 Å². The first kappa shape index (κ1) is 28.2. The van der Waals surface area contributed by atoms with Gasteiger partial charge in [-0.05, 0) is 64.1 Å². The number of hydrogen-bond acceptors (Lipinski definition) is 8. The molecule has 2 fully saturated rings. The third-order valence-corrected chi connectivity index (χ3v) is 6.64. The molecule has 0 radical (unpaired) electrons. The molecular formula is C28H36N6O5. The largest absolute Gasteiger partial charge is 0.459 e. The van der Waals surface area contributed by atoms with Crippen molar-refractivity contribution in [3.05, 3.63) is 59.9 Å². The monoisotopic (exact) mass is 536 g/mol. The Morgan fingerprint density at radius 1 is 1.13 bits per heavy atom. The molecule has 2 aliphatic heterocycles. The van der Waals surface area contributed by atoms with Crippen molar-refractivity contribution in [2.24, 2.45) is 10.7 Å². The molecule has 11 heteroatoms. The Kier molecular flexibility index (Phi) is 8.61. The molecule has 11 nitrogen and oxygen atoms in total. The van der Waals surface area contributed by atoms with E-state index in [1.54, 1.807) is 47.5 Å². The minimum atomic E-state index is -0.509. The maximum absolute atomic E-state index is 12.6. The number of anilines is 1. The van der Waals surface area contributed by atoms with Gasteiger partial charge in [-0.15, -0.1) is 0 Å². The number of piperazine rings is 1. The molecule has 4 rings (SSSR count). The fraction of sp³-hybridized carbons (Fsp3) is 0.464. The van der Waals surface area contributed by atoms with Crippen LogP contribution >= 0.6 is 0 Å². The van der Waals surface area contributed by atoms with E-state index in [2.05, 4.69) is 19.8 Å². The predicted octanol–water partition coefficient (Wildman–Crippen LogP) is 2.30. The predicted molar refractivity (Wildman–Crippen MR) is 147 cm³/mol. The zero-order chi connectivity index (χ0) is 28.2. The van der Waals surface area contributed by atoms with Crippen molar-refractivity contribution < 1.29 is 23.9 Å². The van der Waals surface area contributed by atoms with Crippen LogP contribution in [-0.2, 0) is 14.3 Å². The smallest absolute Gasteiger partial charge is 0.414 e. The molecule has 2 aliphatic rings. The number of hydrogen-bond donors (Lipinski definition) is 1. The van der Waals surface area contributed by atoms with Gasteiger partial charge < -0.3 is 15.2 Å². The molecule has 0 spiro atoms. The van der Waals surface area contributed by atoms with Crippen molar-refractivity contribution in [2.45, 2.75) is 45.4 Å². The number of cyclic esters (lactones) is 1. The molecule has 2 N–H and O–H groups in total. The first-order valence-electron chi connectivity index (χ1n) is 13.1. The number of rotatable bonds is 7. The van der Waals surface area contributed by atoms with E-state index in [1.165, 1.54) is 6.20 Å². The average Bonchev–Trinajstić information content (AvgIpc) is 3.27. The van der Waals surface area contributed by atoms with Crippen LogP contribution in [0.1, 0.15) is 43.6 Å². The van der Waals surface area contributed by atoms with E-state index < -0.39 is 17.6 Å². The van der Waals surface area contributed by atoms with Gasteiger partial charge >= 0.3 is 12.1 Å². The first-order valence-corrected chi connectivity index (χ1v) is 13.1. The van der Waals surface area contributed by atoms with Gasteiger partial charge in [-0.2, -0.15) is 4.99 Å². The fourth-order valence-corrected chi connectivity index (χ4v) is 4.52. The van der Waals surface area contributed by atoms with Crippen LogP contribution in [-0.4, -0.2) is 95.6 Å². The molecule has 2 aromatic rings. The molecule has 2 atom stereocenters. The summed E-state index contributed by atoms with van der Waals surface area (Å²) in [5.74, 6) is -0.608. The van der Waals surface area contributed by atoms with E-state index in [0.29, 0.717) is 29.9 Å². The number of pyridine rings is 1. The number of nitrogens with two attached hydrogens (primary N) is 1. The van der Waals surface area contributed by atoms with Gasteiger partial charge in [-0.3, -0.25) is 29.3 Å². The number of aromatic nitrogens is 1. The third-order valence-electron chi connectivity index (χ3n) is 6.64. The quantitative estimate of drug-likeness (QED) is 0.322. The number of ether oxygens (including phenoxy) is 2. The molecule has 0 aliphatic carbocycles. The molecule has 39 heavy (non-hydrogen) atoms. The second kappa shape index (κ2) is 11.9. The summed E-state index contributed by atoms with van der Waals surface area (Å²) < 4.78 is 11.2. The summed E-state index contributed by atoms with van der Waals surface area (Å²) in [5.41, 5.74) is 7.11. The lowest BCUT2D eigenvalue weighted by Crippen LogP contribution is -2.54. The fourth-order valence-electron chi connectivity index (χ4n) is 4.52. The van der Waals surface area contributed by atoms with Gasteiger partial charge in [0.05, 0.1) is 12.1 Å². The number of aliphatic imine (C=N–C) groups is 1. The summed E-state index contributed by atoms with van der Waals surface area (Å²) in [6.07, 6.45) is 2.34. The molecule has 3 heterocycles. The third kappa shape index (κ3) is 7.39. The number of carbonyl (C=O) groups excluding carboxylic acids is 3. The van der Waals surface area contributed by atoms with Crippen LogP contribution in [0.5, 0.6) is 0 Å². The summed E-state index contributed by atoms with van der Waals surface area (Å²) in [6, 6.07) is 9.92. The minimum absolute atomic E-state index is 0.0809. The summed E-state index contributed by atoms with van der Waals surface area (Å²) in [4.78, 5) is 51.1. The Morgan fingerprint density at radius 2 is 1.82 bits per heavy atom. The number of amides is 2. The van der Waals surface area contributed by atoms with Crippen LogP contribution in [0, 0.1) is 0 Å². The van der Waals surface area contributed by atoms with Crippen molar-refractivity contribution in [1.29, 1.82) is 0 Å². The number of benzene rings is 1. The van der Waals surface area contributed by atoms with Crippen LogP contribution in [0.2, 0.25) is 0 Å². The van der Waals surface area contributed by atoms with Crippen LogP contribution in [0.25, 0.3) is 0 Å². The highest BCUT2D eigenvalue weighted by Crippen LogP contribution is 2.23. The van der Waals surface area contributed by atoms with E-state index >= 15 is 0 Å². The topological polar surface area (TPSA) is 131 Å². The normalized spacial score (nSPS) is 20.0. The maximum Gasteiger partial charge on any atom is 0.414 e. The zero-order valence-electron chi connectivity index (χ0n) is 22.9. The summed E-state index contributed by atoms with van der Waals surface area (Å²) in [5, 5.41) is 0. The number of carbonyl (C=O) groups is 3. The Balaban J connectivity index is 1.28. The van der Waals surface area contributed by atoms with Crippen LogP contribution < -0.4 is 10.6 Å². The van der Waals surface area contributed by atoms with Crippen LogP contribution in [0.4, 0.5) is 10.5 Å². The molecule has 208 valence electrons. The van der Waals surface area contributed by atoms with Crippen molar-refractivity contribution in [3.8, 4) is 0 Å². The molecule has 2 unspecified atom stereocenters. The Morgan fingerprint density at radius 3 is 2.44 bits per heavy atom. The summed E-state index contributed by atoms with van der Waals surface area (Å²) >= 11 is 0. The lowest BCUT2D eigenvalue weighted by Gasteiger charge is -2.38. The van der Waals surface area contributed by atoms with Crippen molar-refractivity contribution in [1.82, 2.24) is 14.8 Å². The zero-order valence-corrected chi connectivity index (χ0v) is 22.9. The highest BCUT2D eigenvalue weighted by molar-refractivity contribution is 6.08. The lowest BCUT2D eigenvalue weighted by molar-refractivity contribution is -0.161. The van der Waals surface area contributed by atoms with E-state index in [4.69, 9.17) is 15.2 Å². The van der Waals surface area contributed by atoms with Gasteiger partial charge in [0.25, 0.3) is 5.91 Å². The number of nitrogens with zero attached hydrogens (tertiary/aromatic N) is 5. The molecule has 0 bridgehead atoms. The second-order valence-corrected chi connectivity index (χ2v) is 10.8. The highest BCUT2D eigenvalue weighted by Gasteiger charge is 2.35. The van der Waals surface area contributed by atoms with Gasteiger partial charge in [0.15, 0.2) is 0 Å². The molecule has 1 aromatic heterocycles. The first-order chi connectivity index (χ1) is 18.5. The maximum atomic E-state index is 12.6.